The summed E-state index contributed by atoms with van der Waals surface area (Å²) in [7, 11) is 0. The van der Waals surface area contributed by atoms with Crippen LogP contribution in [0.15, 0.2) is 140 Å². The van der Waals surface area contributed by atoms with Crippen LogP contribution in [-0.4, -0.2) is 0 Å². The second-order valence-corrected chi connectivity index (χ2v) is 13.8. The highest BCUT2D eigenvalue weighted by molar-refractivity contribution is 6.10. The summed E-state index contributed by atoms with van der Waals surface area (Å²) in [6.45, 7) is 9.50. The first-order valence-electron chi connectivity index (χ1n) is 16.0. The van der Waals surface area contributed by atoms with Crippen molar-refractivity contribution in [2.75, 3.05) is 4.90 Å². The summed E-state index contributed by atoms with van der Waals surface area (Å²) in [6.07, 6.45) is 0. The van der Waals surface area contributed by atoms with Crippen molar-refractivity contribution >= 4 is 38.6 Å². The van der Waals surface area contributed by atoms with E-state index >= 15 is 0 Å². The molecule has 0 atom stereocenters. The van der Waals surface area contributed by atoms with Gasteiger partial charge in [0.2, 0.25) is 0 Å². The van der Waals surface area contributed by atoms with Crippen molar-refractivity contribution in [1.29, 1.82) is 0 Å². The number of para-hydroxylation sites is 1. The topological polar surface area (TPSA) is 3.24 Å². The van der Waals surface area contributed by atoms with E-state index < -0.39 is 0 Å². The molecule has 7 aromatic carbocycles. The summed E-state index contributed by atoms with van der Waals surface area (Å²) in [6, 6.07) is 52.0. The summed E-state index contributed by atoms with van der Waals surface area (Å²) in [5.74, 6) is 0. The fourth-order valence-corrected chi connectivity index (χ4v) is 8.27. The summed E-state index contributed by atoms with van der Waals surface area (Å²) in [5.41, 5.74) is 14.3. The number of hydrogen-bond donors (Lipinski definition) is 0. The van der Waals surface area contributed by atoms with Gasteiger partial charge in [-0.1, -0.05) is 125 Å². The largest absolute Gasteiger partial charge is 0.309 e. The third-order valence-corrected chi connectivity index (χ3v) is 10.6. The summed E-state index contributed by atoms with van der Waals surface area (Å²) < 4.78 is 0. The van der Waals surface area contributed by atoms with Gasteiger partial charge in [0.25, 0.3) is 0 Å². The van der Waals surface area contributed by atoms with Crippen LogP contribution in [-0.2, 0) is 10.8 Å². The summed E-state index contributed by atoms with van der Waals surface area (Å²) in [4.78, 5) is 2.52. The van der Waals surface area contributed by atoms with Crippen molar-refractivity contribution in [1.82, 2.24) is 0 Å². The minimum atomic E-state index is -0.102. The van der Waals surface area contributed by atoms with Crippen molar-refractivity contribution in [3.8, 4) is 22.3 Å². The Morgan fingerprint density at radius 3 is 1.78 bits per heavy atom. The number of rotatable bonds is 3. The Kier molecular flexibility index (Phi) is 5.37. The van der Waals surface area contributed by atoms with Gasteiger partial charge in [-0.2, -0.15) is 0 Å². The predicted octanol–water partition coefficient (Wildman–Crippen LogP) is 12.1. The number of anilines is 3. The standard InChI is InChI=1S/C44H35N/c1-43(2)38-23-22-32(27-36(38)35-24-28-14-8-9-15-29(28)25-39(35)43)45(31-17-6-5-7-18-31)42-33-19-11-10-16-30(33)26-40-41(42)34-20-12-13-21-37(34)44(40,3)4/h5-27H,1-4H3. The molecule has 0 aromatic heterocycles. The maximum Gasteiger partial charge on any atom is 0.0621 e. The summed E-state index contributed by atoms with van der Waals surface area (Å²) in [5, 5.41) is 5.12. The first kappa shape index (κ1) is 26.3. The number of hydrogen-bond acceptors (Lipinski definition) is 1. The van der Waals surface area contributed by atoms with Crippen LogP contribution in [0.25, 0.3) is 43.8 Å². The Morgan fingerprint density at radius 2 is 0.978 bits per heavy atom. The lowest BCUT2D eigenvalue weighted by Gasteiger charge is -2.31. The van der Waals surface area contributed by atoms with Crippen LogP contribution in [0.3, 0.4) is 0 Å². The Bertz CT molecular complexity index is 2320. The smallest absolute Gasteiger partial charge is 0.0621 e. The molecule has 45 heavy (non-hydrogen) atoms. The molecule has 0 amide bonds. The van der Waals surface area contributed by atoms with E-state index in [0.717, 1.165) is 5.69 Å². The highest BCUT2D eigenvalue weighted by Crippen LogP contribution is 2.57. The van der Waals surface area contributed by atoms with E-state index in [1.165, 1.54) is 77.4 Å². The zero-order valence-electron chi connectivity index (χ0n) is 26.2. The van der Waals surface area contributed by atoms with Crippen molar-refractivity contribution in [2.24, 2.45) is 0 Å². The van der Waals surface area contributed by atoms with E-state index in [-0.39, 0.29) is 10.8 Å². The molecule has 0 radical (unpaired) electrons. The zero-order valence-corrected chi connectivity index (χ0v) is 26.2. The third kappa shape index (κ3) is 3.61. The first-order valence-corrected chi connectivity index (χ1v) is 16.0. The minimum absolute atomic E-state index is 0.0749. The van der Waals surface area contributed by atoms with Gasteiger partial charge in [-0.05, 0) is 97.6 Å². The molecule has 0 aliphatic heterocycles. The van der Waals surface area contributed by atoms with Crippen molar-refractivity contribution in [2.45, 2.75) is 38.5 Å². The fraction of sp³-hybridized carbons (Fsp3) is 0.136. The van der Waals surface area contributed by atoms with Gasteiger partial charge in [-0.3, -0.25) is 0 Å². The van der Waals surface area contributed by atoms with Gasteiger partial charge in [-0.25, -0.2) is 0 Å². The average Bonchev–Trinajstić information content (AvgIpc) is 3.43. The third-order valence-electron chi connectivity index (χ3n) is 10.6. The molecule has 0 N–H and O–H groups in total. The zero-order chi connectivity index (χ0) is 30.5. The fourth-order valence-electron chi connectivity index (χ4n) is 8.27. The molecular weight excluding hydrogens is 542 g/mol. The normalized spacial score (nSPS) is 15.0. The molecular formula is C44H35N. The maximum atomic E-state index is 2.52. The first-order chi connectivity index (χ1) is 21.8. The molecule has 9 rings (SSSR count). The monoisotopic (exact) mass is 577 g/mol. The van der Waals surface area contributed by atoms with Gasteiger partial charge in [0.05, 0.1) is 5.69 Å². The van der Waals surface area contributed by atoms with E-state index in [0.29, 0.717) is 0 Å². The van der Waals surface area contributed by atoms with Crippen LogP contribution in [0.5, 0.6) is 0 Å². The van der Waals surface area contributed by atoms with Crippen LogP contribution < -0.4 is 4.90 Å². The second-order valence-electron chi connectivity index (χ2n) is 13.8. The predicted molar refractivity (Wildman–Crippen MR) is 191 cm³/mol. The van der Waals surface area contributed by atoms with Crippen LogP contribution in [0.1, 0.15) is 49.9 Å². The highest BCUT2D eigenvalue weighted by Gasteiger charge is 2.40. The second kappa shape index (κ2) is 9.19. The lowest BCUT2D eigenvalue weighted by atomic mass is 9.81. The number of nitrogens with zero attached hydrogens (tertiary/aromatic N) is 1. The van der Waals surface area contributed by atoms with E-state index in [1.807, 2.05) is 0 Å². The van der Waals surface area contributed by atoms with Gasteiger partial charge >= 0.3 is 0 Å². The van der Waals surface area contributed by atoms with Crippen LogP contribution in [0.4, 0.5) is 17.1 Å². The van der Waals surface area contributed by atoms with Gasteiger partial charge in [0, 0.05) is 33.2 Å². The molecule has 0 saturated carbocycles. The van der Waals surface area contributed by atoms with Gasteiger partial charge in [-0.15, -0.1) is 0 Å². The molecule has 0 fully saturated rings. The lowest BCUT2D eigenvalue weighted by Crippen LogP contribution is -2.17. The average molecular weight is 578 g/mol. The molecule has 216 valence electrons. The molecule has 0 saturated heterocycles. The SMILES string of the molecule is CC1(C)c2ccc(N(c3ccccc3)c3c4c(cc5ccccc35)C(C)(C)c3ccccc3-4)cc2-c2cc3ccccc3cc21. The molecule has 2 aliphatic rings. The van der Waals surface area contributed by atoms with Crippen LogP contribution in [0, 0.1) is 0 Å². The molecule has 7 aromatic rings. The van der Waals surface area contributed by atoms with Gasteiger partial charge < -0.3 is 4.90 Å². The van der Waals surface area contributed by atoms with Gasteiger partial charge in [0.1, 0.15) is 0 Å². The maximum absolute atomic E-state index is 2.52. The molecule has 2 aliphatic carbocycles. The van der Waals surface area contributed by atoms with Crippen molar-refractivity contribution < 1.29 is 0 Å². The molecule has 0 bridgehead atoms. The summed E-state index contributed by atoms with van der Waals surface area (Å²) >= 11 is 0. The quantitative estimate of drug-likeness (QED) is 0.202. The minimum Gasteiger partial charge on any atom is -0.309 e. The molecule has 1 heteroatoms. The molecule has 0 spiro atoms. The molecule has 0 unspecified atom stereocenters. The Balaban J connectivity index is 1.37. The Hall–Kier alpha value is -5.14. The highest BCUT2D eigenvalue weighted by atomic mass is 15.1. The Labute approximate surface area is 265 Å². The lowest BCUT2D eigenvalue weighted by molar-refractivity contribution is 0.661. The Morgan fingerprint density at radius 1 is 0.400 bits per heavy atom. The van der Waals surface area contributed by atoms with Crippen LogP contribution >= 0.6 is 0 Å². The number of benzene rings is 7. The number of fused-ring (bicyclic) bond motifs is 8. The van der Waals surface area contributed by atoms with E-state index in [4.69, 9.17) is 0 Å². The van der Waals surface area contributed by atoms with Crippen molar-refractivity contribution in [3.63, 3.8) is 0 Å². The van der Waals surface area contributed by atoms with E-state index in [2.05, 4.69) is 172 Å². The van der Waals surface area contributed by atoms with Gasteiger partial charge in [0.15, 0.2) is 0 Å². The van der Waals surface area contributed by atoms with Crippen LogP contribution in [0.2, 0.25) is 0 Å². The molecule has 0 heterocycles. The molecule has 1 nitrogen and oxygen atoms in total. The van der Waals surface area contributed by atoms with E-state index in [1.54, 1.807) is 0 Å². The van der Waals surface area contributed by atoms with Crippen molar-refractivity contribution in [3.05, 3.63) is 162 Å². The van der Waals surface area contributed by atoms with E-state index in [9.17, 15) is 0 Å².